The molecule has 1 atom stereocenters. The fourth-order valence-corrected chi connectivity index (χ4v) is 7.11. The summed E-state index contributed by atoms with van der Waals surface area (Å²) in [6.45, 7) is 4.24. The van der Waals surface area contributed by atoms with Crippen molar-refractivity contribution in [2.24, 2.45) is 29.6 Å². The molecule has 2 fully saturated rings. The van der Waals surface area contributed by atoms with Gasteiger partial charge in [0.1, 0.15) is 0 Å². The van der Waals surface area contributed by atoms with Crippen LogP contribution in [0.2, 0.25) is 0 Å². The summed E-state index contributed by atoms with van der Waals surface area (Å²) in [7, 11) is 0. The molecule has 34 heavy (non-hydrogen) atoms. The zero-order chi connectivity index (χ0) is 23.9. The van der Waals surface area contributed by atoms with Crippen molar-refractivity contribution >= 4 is 5.57 Å². The molecule has 0 heterocycles. The van der Waals surface area contributed by atoms with Gasteiger partial charge in [-0.25, -0.2) is 4.39 Å². The van der Waals surface area contributed by atoms with E-state index in [0.29, 0.717) is 18.1 Å². The summed E-state index contributed by atoms with van der Waals surface area (Å²) in [5.41, 5.74) is 1.39. The average Bonchev–Trinajstić information content (AvgIpc) is 2.88. The number of rotatable bonds is 8. The van der Waals surface area contributed by atoms with Crippen molar-refractivity contribution in [1.82, 2.24) is 0 Å². The first-order valence-electron chi connectivity index (χ1n) is 14.0. The van der Waals surface area contributed by atoms with Crippen molar-refractivity contribution in [2.75, 3.05) is 6.61 Å². The topological polar surface area (TPSA) is 9.23 Å². The van der Waals surface area contributed by atoms with Crippen molar-refractivity contribution in [3.63, 3.8) is 0 Å². The van der Waals surface area contributed by atoms with Gasteiger partial charge in [-0.1, -0.05) is 31.1 Å². The monoisotopic (exact) mass is 470 g/mol. The number of benzene rings is 1. The van der Waals surface area contributed by atoms with E-state index in [-0.39, 0.29) is 5.75 Å². The Labute approximate surface area is 206 Å². The van der Waals surface area contributed by atoms with E-state index in [1.807, 2.05) is 0 Å². The van der Waals surface area contributed by atoms with Crippen LogP contribution in [0, 0.1) is 41.2 Å². The molecule has 0 radical (unpaired) electrons. The highest BCUT2D eigenvalue weighted by atomic mass is 19.2. The predicted octanol–water partition coefficient (Wildman–Crippen LogP) is 9.52. The molecule has 3 heteroatoms. The van der Waals surface area contributed by atoms with Crippen LogP contribution in [0.25, 0.3) is 5.57 Å². The van der Waals surface area contributed by atoms with E-state index in [9.17, 15) is 8.78 Å². The zero-order valence-corrected chi connectivity index (χ0v) is 21.3. The first-order valence-corrected chi connectivity index (χ1v) is 14.0. The molecule has 1 aromatic carbocycles. The molecule has 3 aliphatic carbocycles. The van der Waals surface area contributed by atoms with Crippen molar-refractivity contribution in [1.29, 1.82) is 0 Å². The molecule has 0 saturated heterocycles. The molecule has 0 N–H and O–H groups in total. The Morgan fingerprint density at radius 2 is 1.50 bits per heavy atom. The largest absolute Gasteiger partial charge is 0.491 e. The molecule has 2 saturated carbocycles. The minimum atomic E-state index is -0.854. The maximum absolute atomic E-state index is 14.6. The Bertz CT molecular complexity index is 841. The van der Waals surface area contributed by atoms with Crippen molar-refractivity contribution in [2.45, 2.75) is 97.3 Å². The van der Waals surface area contributed by atoms with Gasteiger partial charge in [-0.05, 0) is 132 Å². The molecule has 0 aliphatic heterocycles. The second kappa shape index (κ2) is 12.4. The Morgan fingerprint density at radius 3 is 2.09 bits per heavy atom. The third-order valence-electron chi connectivity index (χ3n) is 9.16. The Balaban J connectivity index is 1.24. The van der Waals surface area contributed by atoms with Crippen LogP contribution in [0.4, 0.5) is 8.78 Å². The van der Waals surface area contributed by atoms with Gasteiger partial charge in [0.25, 0.3) is 0 Å². The summed E-state index contributed by atoms with van der Waals surface area (Å²) in [4.78, 5) is 0. The first kappa shape index (κ1) is 25.5. The number of ether oxygens (including phenoxy) is 1. The van der Waals surface area contributed by atoms with Gasteiger partial charge in [0, 0.05) is 5.56 Å². The highest BCUT2D eigenvalue weighted by Crippen LogP contribution is 2.46. The number of hydrogen-bond donors (Lipinski definition) is 0. The highest BCUT2D eigenvalue weighted by Gasteiger charge is 2.34. The summed E-state index contributed by atoms with van der Waals surface area (Å²) in [6.07, 6.45) is 23.7. The highest BCUT2D eigenvalue weighted by molar-refractivity contribution is 5.67. The van der Waals surface area contributed by atoms with E-state index in [1.54, 1.807) is 19.1 Å². The van der Waals surface area contributed by atoms with Gasteiger partial charge in [-0.15, -0.1) is 0 Å². The SMILES string of the molecule is CC=CCCC1CCC(C2CCC(C3CC=C(c4ccc(OCC)c(F)c4F)CC3)CC2)CC1. The van der Waals surface area contributed by atoms with Crippen LogP contribution in [0.3, 0.4) is 0 Å². The smallest absolute Gasteiger partial charge is 0.201 e. The van der Waals surface area contributed by atoms with Crippen LogP contribution < -0.4 is 4.74 Å². The molecule has 188 valence electrons. The van der Waals surface area contributed by atoms with Crippen LogP contribution in [-0.2, 0) is 0 Å². The minimum absolute atomic E-state index is 0.0110. The lowest BCUT2D eigenvalue weighted by Crippen LogP contribution is -2.28. The maximum Gasteiger partial charge on any atom is 0.201 e. The van der Waals surface area contributed by atoms with E-state index < -0.39 is 11.6 Å². The molecule has 1 unspecified atom stereocenters. The van der Waals surface area contributed by atoms with Crippen molar-refractivity contribution in [3.8, 4) is 5.75 Å². The number of halogens is 2. The molecule has 0 spiro atoms. The van der Waals surface area contributed by atoms with Crippen LogP contribution in [0.1, 0.15) is 103 Å². The predicted molar refractivity (Wildman–Crippen MR) is 138 cm³/mol. The summed E-state index contributed by atoms with van der Waals surface area (Å²) in [5.74, 6) is 2.80. The molecule has 3 aliphatic rings. The van der Waals surface area contributed by atoms with Crippen LogP contribution in [-0.4, -0.2) is 6.61 Å². The molecule has 4 rings (SSSR count). The lowest BCUT2D eigenvalue weighted by molar-refractivity contribution is 0.121. The van der Waals surface area contributed by atoms with E-state index in [0.717, 1.165) is 48.5 Å². The van der Waals surface area contributed by atoms with Gasteiger partial charge in [0.2, 0.25) is 5.82 Å². The van der Waals surface area contributed by atoms with E-state index in [2.05, 4.69) is 25.2 Å². The summed E-state index contributed by atoms with van der Waals surface area (Å²) in [5, 5.41) is 0. The summed E-state index contributed by atoms with van der Waals surface area (Å²) < 4.78 is 34.2. The van der Waals surface area contributed by atoms with E-state index in [4.69, 9.17) is 4.74 Å². The van der Waals surface area contributed by atoms with Crippen LogP contribution >= 0.6 is 0 Å². The summed E-state index contributed by atoms with van der Waals surface area (Å²) >= 11 is 0. The van der Waals surface area contributed by atoms with Gasteiger partial charge >= 0.3 is 0 Å². The van der Waals surface area contributed by atoms with Crippen LogP contribution in [0.15, 0.2) is 30.4 Å². The molecule has 0 amide bonds. The second-order valence-corrected chi connectivity index (χ2v) is 11.0. The molecule has 0 bridgehead atoms. The Hall–Kier alpha value is -1.64. The Kier molecular flexibility index (Phi) is 9.25. The van der Waals surface area contributed by atoms with Crippen molar-refractivity contribution in [3.05, 3.63) is 47.6 Å². The van der Waals surface area contributed by atoms with Gasteiger partial charge in [0.15, 0.2) is 11.6 Å². The third-order valence-corrected chi connectivity index (χ3v) is 9.16. The van der Waals surface area contributed by atoms with E-state index in [1.165, 1.54) is 64.2 Å². The molecular weight excluding hydrogens is 426 g/mol. The summed E-state index contributed by atoms with van der Waals surface area (Å²) in [6, 6.07) is 3.26. The number of hydrogen-bond acceptors (Lipinski definition) is 1. The Morgan fingerprint density at radius 1 is 0.853 bits per heavy atom. The molecular formula is C31H44F2O. The number of allylic oxidation sites excluding steroid dienone is 4. The van der Waals surface area contributed by atoms with Gasteiger partial charge in [0.05, 0.1) is 6.61 Å². The average molecular weight is 471 g/mol. The second-order valence-electron chi connectivity index (χ2n) is 11.0. The lowest BCUT2D eigenvalue weighted by Gasteiger charge is -2.40. The minimum Gasteiger partial charge on any atom is -0.491 e. The maximum atomic E-state index is 14.6. The van der Waals surface area contributed by atoms with E-state index >= 15 is 0 Å². The standard InChI is InChI=1S/C31H44F2O/c1-3-5-6-7-22-8-10-23(11-9-22)24-12-14-25(15-13-24)26-16-18-27(19-17-26)28-20-21-29(34-4-2)31(33)30(28)32/h3,5,18,20-26H,4,6-17,19H2,1-2H3. The van der Waals surface area contributed by atoms with Gasteiger partial charge < -0.3 is 4.74 Å². The fourth-order valence-electron chi connectivity index (χ4n) is 7.11. The molecule has 1 nitrogen and oxygen atoms in total. The van der Waals surface area contributed by atoms with Gasteiger partial charge in [-0.2, -0.15) is 4.39 Å². The van der Waals surface area contributed by atoms with Crippen molar-refractivity contribution < 1.29 is 13.5 Å². The van der Waals surface area contributed by atoms with Gasteiger partial charge in [-0.3, -0.25) is 0 Å². The van der Waals surface area contributed by atoms with Crippen LogP contribution in [0.5, 0.6) is 5.75 Å². The quantitative estimate of drug-likeness (QED) is 0.344. The third kappa shape index (κ3) is 6.13. The lowest BCUT2D eigenvalue weighted by atomic mass is 9.65. The molecule has 1 aromatic rings. The first-order chi connectivity index (χ1) is 16.6. The normalized spacial score (nSPS) is 30.4. The zero-order valence-electron chi connectivity index (χ0n) is 21.3. The molecule has 0 aromatic heterocycles. The fraction of sp³-hybridized carbons (Fsp3) is 0.677.